The Labute approximate surface area is 54.8 Å². The van der Waals surface area contributed by atoms with E-state index in [1.165, 1.54) is 0 Å². The van der Waals surface area contributed by atoms with E-state index in [9.17, 15) is 0 Å². The molecule has 0 spiro atoms. The van der Waals surface area contributed by atoms with Crippen molar-refractivity contribution in [3.63, 3.8) is 0 Å². The first-order valence-electron chi connectivity index (χ1n) is 2.89. The standard InChI is InChI=1S/C7H10O2/c1-5-4-8-6(2)7(3)9-5/h4H,1-3H3. The van der Waals surface area contributed by atoms with Crippen molar-refractivity contribution in [1.82, 2.24) is 0 Å². The third kappa shape index (κ3) is 1.25. The normalized spacial score (nSPS) is 18.3. The first kappa shape index (κ1) is 6.20. The van der Waals surface area contributed by atoms with Crippen LogP contribution in [0.3, 0.4) is 0 Å². The first-order valence-corrected chi connectivity index (χ1v) is 2.89. The highest BCUT2D eigenvalue weighted by atomic mass is 16.5. The van der Waals surface area contributed by atoms with Crippen LogP contribution in [-0.4, -0.2) is 0 Å². The molecule has 0 saturated carbocycles. The molecule has 0 saturated heterocycles. The van der Waals surface area contributed by atoms with E-state index >= 15 is 0 Å². The first-order chi connectivity index (χ1) is 4.20. The van der Waals surface area contributed by atoms with Gasteiger partial charge in [-0.25, -0.2) is 0 Å². The van der Waals surface area contributed by atoms with Crippen molar-refractivity contribution in [2.24, 2.45) is 0 Å². The Balaban J connectivity index is 2.70. The highest BCUT2D eigenvalue weighted by molar-refractivity contribution is 5.05. The van der Waals surface area contributed by atoms with Crippen molar-refractivity contribution in [3.8, 4) is 0 Å². The third-order valence-electron chi connectivity index (χ3n) is 1.21. The predicted octanol–water partition coefficient (Wildman–Crippen LogP) is 2.15. The zero-order valence-electron chi connectivity index (χ0n) is 5.89. The average Bonchev–Trinajstić information content (AvgIpc) is 1.80. The molecule has 0 N–H and O–H groups in total. The molecule has 0 aromatic carbocycles. The van der Waals surface area contributed by atoms with Crippen molar-refractivity contribution in [3.05, 3.63) is 23.5 Å². The summed E-state index contributed by atoms with van der Waals surface area (Å²) in [5.74, 6) is 2.48. The van der Waals surface area contributed by atoms with Crippen molar-refractivity contribution in [2.75, 3.05) is 0 Å². The molecular formula is C7H10O2. The second-order valence-electron chi connectivity index (χ2n) is 2.06. The lowest BCUT2D eigenvalue weighted by molar-refractivity contribution is 0.202. The minimum Gasteiger partial charge on any atom is -0.463 e. The fraction of sp³-hybridized carbons (Fsp3) is 0.429. The molecule has 1 aliphatic rings. The van der Waals surface area contributed by atoms with E-state index in [4.69, 9.17) is 9.47 Å². The smallest absolute Gasteiger partial charge is 0.138 e. The quantitative estimate of drug-likeness (QED) is 0.495. The van der Waals surface area contributed by atoms with Crippen LogP contribution in [0.2, 0.25) is 0 Å². The zero-order valence-corrected chi connectivity index (χ0v) is 5.89. The van der Waals surface area contributed by atoms with Gasteiger partial charge in [0.2, 0.25) is 0 Å². The van der Waals surface area contributed by atoms with Crippen LogP contribution in [0, 0.1) is 0 Å². The lowest BCUT2D eigenvalue weighted by atomic mass is 10.4. The van der Waals surface area contributed by atoms with E-state index < -0.39 is 0 Å². The minimum atomic E-state index is 0.804. The maximum atomic E-state index is 5.21. The maximum absolute atomic E-state index is 5.21. The SMILES string of the molecule is CC1=COC(C)=C(C)O1. The summed E-state index contributed by atoms with van der Waals surface area (Å²) in [7, 11) is 0. The summed E-state index contributed by atoms with van der Waals surface area (Å²) >= 11 is 0. The number of rotatable bonds is 0. The highest BCUT2D eigenvalue weighted by Crippen LogP contribution is 2.17. The van der Waals surface area contributed by atoms with Crippen LogP contribution >= 0.6 is 0 Å². The van der Waals surface area contributed by atoms with E-state index in [1.54, 1.807) is 6.26 Å². The van der Waals surface area contributed by atoms with Gasteiger partial charge in [-0.2, -0.15) is 0 Å². The molecule has 0 unspecified atom stereocenters. The summed E-state index contributed by atoms with van der Waals surface area (Å²) in [6, 6.07) is 0. The summed E-state index contributed by atoms with van der Waals surface area (Å²) in [6.45, 7) is 5.61. The summed E-state index contributed by atoms with van der Waals surface area (Å²) < 4.78 is 10.3. The van der Waals surface area contributed by atoms with Crippen molar-refractivity contribution in [1.29, 1.82) is 0 Å². The molecule has 0 aromatic heterocycles. The van der Waals surface area contributed by atoms with Gasteiger partial charge in [-0.15, -0.1) is 0 Å². The van der Waals surface area contributed by atoms with Gasteiger partial charge in [0.05, 0.1) is 0 Å². The molecule has 0 bridgehead atoms. The Morgan fingerprint density at radius 3 is 2.22 bits per heavy atom. The summed E-state index contributed by atoms with van der Waals surface area (Å²) in [6.07, 6.45) is 1.60. The van der Waals surface area contributed by atoms with E-state index in [2.05, 4.69) is 0 Å². The van der Waals surface area contributed by atoms with Gasteiger partial charge in [0.1, 0.15) is 23.5 Å². The Kier molecular flexibility index (Phi) is 1.47. The predicted molar refractivity (Wildman–Crippen MR) is 34.3 cm³/mol. The molecule has 1 rings (SSSR count). The Morgan fingerprint density at radius 2 is 1.78 bits per heavy atom. The van der Waals surface area contributed by atoms with Crippen molar-refractivity contribution < 1.29 is 9.47 Å². The molecule has 50 valence electrons. The molecule has 9 heavy (non-hydrogen) atoms. The lowest BCUT2D eigenvalue weighted by Gasteiger charge is -2.14. The Morgan fingerprint density at radius 1 is 1.11 bits per heavy atom. The molecule has 0 aliphatic carbocycles. The van der Waals surface area contributed by atoms with Crippen molar-refractivity contribution >= 4 is 0 Å². The van der Waals surface area contributed by atoms with Gasteiger partial charge >= 0.3 is 0 Å². The molecule has 2 heteroatoms. The van der Waals surface area contributed by atoms with Crippen LogP contribution in [0.5, 0.6) is 0 Å². The average molecular weight is 126 g/mol. The van der Waals surface area contributed by atoms with Crippen molar-refractivity contribution in [2.45, 2.75) is 20.8 Å². The molecule has 2 nitrogen and oxygen atoms in total. The van der Waals surface area contributed by atoms with Crippen LogP contribution in [-0.2, 0) is 9.47 Å². The third-order valence-corrected chi connectivity index (χ3v) is 1.21. The molecule has 0 atom stereocenters. The molecular weight excluding hydrogens is 116 g/mol. The van der Waals surface area contributed by atoms with E-state index in [1.807, 2.05) is 20.8 Å². The number of hydrogen-bond donors (Lipinski definition) is 0. The molecule has 1 aliphatic heterocycles. The maximum Gasteiger partial charge on any atom is 0.138 e. The monoisotopic (exact) mass is 126 g/mol. The van der Waals surface area contributed by atoms with Gasteiger partial charge in [0.25, 0.3) is 0 Å². The van der Waals surface area contributed by atoms with Crippen LogP contribution in [0.4, 0.5) is 0 Å². The minimum absolute atomic E-state index is 0.804. The summed E-state index contributed by atoms with van der Waals surface area (Å²) in [4.78, 5) is 0. The Bertz CT molecular complexity index is 177. The second kappa shape index (κ2) is 2.13. The zero-order chi connectivity index (χ0) is 6.85. The van der Waals surface area contributed by atoms with Gasteiger partial charge in [-0.05, 0) is 20.8 Å². The number of hydrogen-bond acceptors (Lipinski definition) is 2. The lowest BCUT2D eigenvalue weighted by Crippen LogP contribution is -1.98. The topological polar surface area (TPSA) is 18.5 Å². The van der Waals surface area contributed by atoms with E-state index in [0.717, 1.165) is 17.3 Å². The van der Waals surface area contributed by atoms with Gasteiger partial charge in [0, 0.05) is 0 Å². The highest BCUT2D eigenvalue weighted by Gasteiger charge is 2.05. The fourth-order valence-electron chi connectivity index (χ4n) is 0.592. The van der Waals surface area contributed by atoms with Crippen LogP contribution in [0.1, 0.15) is 20.8 Å². The van der Waals surface area contributed by atoms with E-state index in [-0.39, 0.29) is 0 Å². The molecule has 1 heterocycles. The number of ether oxygens (including phenoxy) is 2. The van der Waals surface area contributed by atoms with Gasteiger partial charge in [0.15, 0.2) is 0 Å². The molecule has 0 fully saturated rings. The fourth-order valence-corrected chi connectivity index (χ4v) is 0.592. The molecule has 0 radical (unpaired) electrons. The molecule has 0 amide bonds. The summed E-state index contributed by atoms with van der Waals surface area (Å²) in [5.41, 5.74) is 0. The van der Waals surface area contributed by atoms with E-state index in [0.29, 0.717) is 0 Å². The van der Waals surface area contributed by atoms with Crippen LogP contribution in [0.25, 0.3) is 0 Å². The van der Waals surface area contributed by atoms with Gasteiger partial charge in [-0.3, -0.25) is 0 Å². The van der Waals surface area contributed by atoms with Crippen LogP contribution in [0.15, 0.2) is 23.5 Å². The van der Waals surface area contributed by atoms with Crippen LogP contribution < -0.4 is 0 Å². The Hall–Kier alpha value is -0.920. The molecule has 0 aromatic rings. The van der Waals surface area contributed by atoms with Gasteiger partial charge < -0.3 is 9.47 Å². The summed E-state index contributed by atoms with van der Waals surface area (Å²) in [5, 5.41) is 0. The number of allylic oxidation sites excluding steroid dienone is 3. The second-order valence-corrected chi connectivity index (χ2v) is 2.06. The van der Waals surface area contributed by atoms with Gasteiger partial charge in [-0.1, -0.05) is 0 Å². The largest absolute Gasteiger partial charge is 0.463 e.